The first kappa shape index (κ1) is 12.0. The van der Waals surface area contributed by atoms with Crippen LogP contribution in [-0.2, 0) is 4.79 Å². The van der Waals surface area contributed by atoms with Gasteiger partial charge in [-0.05, 0) is 6.04 Å². The smallest absolute Gasteiger partial charge is 0.325 e. The molecule has 5 nitrogen and oxygen atoms in total. The van der Waals surface area contributed by atoms with Crippen LogP contribution >= 0.6 is 0 Å². The van der Waals surface area contributed by atoms with Gasteiger partial charge in [0.25, 0.3) is 0 Å². The van der Waals surface area contributed by atoms with Crippen molar-refractivity contribution < 1.29 is 14.7 Å². The number of carboxylic acid groups (broad SMARTS) is 1. The minimum atomic E-state index is -1.43. The molecule has 2 amide bonds. The van der Waals surface area contributed by atoms with Crippen molar-refractivity contribution in [3.8, 4) is 0 Å². The van der Waals surface area contributed by atoms with E-state index in [9.17, 15) is 9.59 Å². The Morgan fingerprint density at radius 1 is 1.47 bits per heavy atom. The summed E-state index contributed by atoms with van der Waals surface area (Å²) in [7, 11) is -1.43. The van der Waals surface area contributed by atoms with Crippen LogP contribution in [-0.4, -0.2) is 31.2 Å². The van der Waals surface area contributed by atoms with E-state index in [1.165, 1.54) is 12.8 Å². The highest BCUT2D eigenvalue weighted by atomic mass is 28.3. The van der Waals surface area contributed by atoms with E-state index in [2.05, 4.69) is 11.9 Å². The topological polar surface area (TPSA) is 92.4 Å². The van der Waals surface area contributed by atoms with Crippen molar-refractivity contribution in [2.45, 2.75) is 43.6 Å². The van der Waals surface area contributed by atoms with Gasteiger partial charge in [-0.1, -0.05) is 31.5 Å². The molecular formula is C9H18N2O3Si. The van der Waals surface area contributed by atoms with Gasteiger partial charge < -0.3 is 16.2 Å². The van der Waals surface area contributed by atoms with Crippen molar-refractivity contribution in [1.82, 2.24) is 5.32 Å². The lowest BCUT2D eigenvalue weighted by molar-refractivity contribution is -0.138. The van der Waals surface area contributed by atoms with E-state index in [1.54, 1.807) is 0 Å². The summed E-state index contributed by atoms with van der Waals surface area (Å²) in [6, 6.07) is 1.38. The molecular weight excluding hydrogens is 212 g/mol. The van der Waals surface area contributed by atoms with E-state index in [1.807, 2.05) is 0 Å². The minimum absolute atomic E-state index is 0.602. The van der Waals surface area contributed by atoms with Crippen molar-refractivity contribution in [2.75, 3.05) is 0 Å². The molecule has 0 bridgehead atoms. The van der Waals surface area contributed by atoms with E-state index in [0.29, 0.717) is 6.04 Å². The molecule has 1 heterocycles. The molecule has 0 radical (unpaired) electrons. The fourth-order valence-electron chi connectivity index (χ4n) is 2.30. The number of nitrogens with two attached hydrogens (primary N) is 1. The third-order valence-corrected chi connectivity index (χ3v) is 7.64. The second kappa shape index (κ2) is 4.65. The quantitative estimate of drug-likeness (QED) is 0.628. The van der Waals surface area contributed by atoms with Gasteiger partial charge in [-0.2, -0.15) is 0 Å². The second-order valence-electron chi connectivity index (χ2n) is 4.62. The first-order valence-electron chi connectivity index (χ1n) is 5.22. The van der Waals surface area contributed by atoms with Crippen molar-refractivity contribution in [1.29, 1.82) is 0 Å². The number of urea groups is 1. The van der Waals surface area contributed by atoms with Crippen LogP contribution in [0.2, 0.25) is 24.7 Å². The van der Waals surface area contributed by atoms with Crippen LogP contribution in [0.5, 0.6) is 0 Å². The second-order valence-corrected chi connectivity index (χ2v) is 9.65. The molecule has 86 valence electrons. The Hall–Kier alpha value is -1.04. The SMILES string of the molecule is C[Si]1(C[C@H](NC(N)=O)C(=O)O)CCCC1. The fourth-order valence-corrected chi connectivity index (χ4v) is 6.42. The summed E-state index contributed by atoms with van der Waals surface area (Å²) in [5, 5.41) is 11.3. The van der Waals surface area contributed by atoms with Gasteiger partial charge >= 0.3 is 12.0 Å². The Bertz CT molecular complexity index is 264. The first-order chi connectivity index (χ1) is 6.93. The third kappa shape index (κ3) is 3.54. The number of primary amides is 1. The number of hydrogen-bond acceptors (Lipinski definition) is 2. The molecule has 0 aromatic carbocycles. The fraction of sp³-hybridized carbons (Fsp3) is 0.778. The number of aliphatic carboxylic acids is 1. The standard InChI is InChI=1S/C9H18N2O3Si/c1-15(4-2-3-5-15)6-7(8(12)13)11-9(10)14/h7H,2-6H2,1H3,(H,12,13)(H3,10,11,14)/t7-/m0/s1. The monoisotopic (exact) mass is 230 g/mol. The molecule has 1 rings (SSSR count). The van der Waals surface area contributed by atoms with Gasteiger partial charge in [0.1, 0.15) is 6.04 Å². The maximum absolute atomic E-state index is 10.9. The molecule has 1 aliphatic heterocycles. The summed E-state index contributed by atoms with van der Waals surface area (Å²) in [5.74, 6) is -0.977. The molecule has 1 fully saturated rings. The summed E-state index contributed by atoms with van der Waals surface area (Å²) < 4.78 is 0. The molecule has 15 heavy (non-hydrogen) atoms. The van der Waals surface area contributed by atoms with E-state index < -0.39 is 26.1 Å². The van der Waals surface area contributed by atoms with Crippen LogP contribution in [0.1, 0.15) is 12.8 Å². The minimum Gasteiger partial charge on any atom is -0.480 e. The number of amides is 2. The maximum Gasteiger partial charge on any atom is 0.325 e. The molecule has 1 aliphatic rings. The lowest BCUT2D eigenvalue weighted by atomic mass is 10.3. The van der Waals surface area contributed by atoms with E-state index in [4.69, 9.17) is 10.8 Å². The van der Waals surface area contributed by atoms with Crippen LogP contribution in [0.15, 0.2) is 0 Å². The number of carbonyl (C=O) groups excluding carboxylic acids is 1. The Morgan fingerprint density at radius 2 is 2.00 bits per heavy atom. The largest absolute Gasteiger partial charge is 0.480 e. The number of hydrogen-bond donors (Lipinski definition) is 3. The molecule has 1 atom stereocenters. The molecule has 6 heteroatoms. The number of rotatable bonds is 4. The van der Waals surface area contributed by atoms with Crippen LogP contribution in [0.3, 0.4) is 0 Å². The van der Waals surface area contributed by atoms with Gasteiger partial charge in [-0.25, -0.2) is 4.79 Å². The summed E-state index contributed by atoms with van der Waals surface area (Å²) >= 11 is 0. The molecule has 0 spiro atoms. The third-order valence-electron chi connectivity index (χ3n) is 3.12. The Kier molecular flexibility index (Phi) is 3.73. The van der Waals surface area contributed by atoms with Gasteiger partial charge in [0.05, 0.1) is 8.07 Å². The number of carboxylic acids is 1. The summed E-state index contributed by atoms with van der Waals surface area (Å²) in [6.07, 6.45) is 2.40. The van der Waals surface area contributed by atoms with E-state index in [0.717, 1.165) is 12.1 Å². The Labute approximate surface area is 90.0 Å². The van der Waals surface area contributed by atoms with Crippen molar-refractivity contribution in [2.24, 2.45) is 5.73 Å². The normalized spacial score (nSPS) is 20.9. The van der Waals surface area contributed by atoms with Crippen molar-refractivity contribution in [3.63, 3.8) is 0 Å². The zero-order valence-electron chi connectivity index (χ0n) is 8.95. The summed E-state index contributed by atoms with van der Waals surface area (Å²) in [6.45, 7) is 2.21. The molecule has 0 aromatic rings. The lowest BCUT2D eigenvalue weighted by Gasteiger charge is -2.25. The van der Waals surface area contributed by atoms with Crippen LogP contribution in [0, 0.1) is 0 Å². The van der Waals surface area contributed by atoms with Gasteiger partial charge in [-0.15, -0.1) is 0 Å². The highest BCUT2D eigenvalue weighted by Gasteiger charge is 2.36. The Morgan fingerprint density at radius 3 is 2.40 bits per heavy atom. The van der Waals surface area contributed by atoms with Gasteiger partial charge in [-0.3, -0.25) is 4.79 Å². The number of carbonyl (C=O) groups is 2. The molecule has 0 aromatic heterocycles. The predicted molar refractivity (Wildman–Crippen MR) is 59.4 cm³/mol. The van der Waals surface area contributed by atoms with Gasteiger partial charge in [0.15, 0.2) is 0 Å². The molecule has 0 saturated carbocycles. The zero-order chi connectivity index (χ0) is 11.5. The van der Waals surface area contributed by atoms with E-state index in [-0.39, 0.29) is 0 Å². The summed E-state index contributed by atoms with van der Waals surface area (Å²) in [5.41, 5.74) is 4.95. The molecule has 0 unspecified atom stereocenters. The highest BCUT2D eigenvalue weighted by Crippen LogP contribution is 2.34. The van der Waals surface area contributed by atoms with Crippen LogP contribution < -0.4 is 11.1 Å². The summed E-state index contributed by atoms with van der Waals surface area (Å²) in [4.78, 5) is 21.6. The van der Waals surface area contributed by atoms with Gasteiger partial charge in [0, 0.05) is 0 Å². The first-order valence-corrected chi connectivity index (χ1v) is 8.34. The highest BCUT2D eigenvalue weighted by molar-refractivity contribution is 6.79. The van der Waals surface area contributed by atoms with Crippen molar-refractivity contribution >= 4 is 20.1 Å². The molecule has 0 aliphatic carbocycles. The van der Waals surface area contributed by atoms with Crippen molar-refractivity contribution in [3.05, 3.63) is 0 Å². The zero-order valence-corrected chi connectivity index (χ0v) is 9.95. The average molecular weight is 230 g/mol. The lowest BCUT2D eigenvalue weighted by Crippen LogP contribution is -2.47. The van der Waals surface area contributed by atoms with Crippen LogP contribution in [0.25, 0.3) is 0 Å². The van der Waals surface area contributed by atoms with Gasteiger partial charge in [0.2, 0.25) is 0 Å². The predicted octanol–water partition coefficient (Wildman–Crippen LogP) is 0.980. The molecule has 1 saturated heterocycles. The number of nitrogens with one attached hydrogen (secondary N) is 1. The molecule has 4 N–H and O–H groups in total. The maximum atomic E-state index is 10.9. The van der Waals surface area contributed by atoms with E-state index >= 15 is 0 Å². The van der Waals surface area contributed by atoms with Crippen LogP contribution in [0.4, 0.5) is 4.79 Å². The Balaban J connectivity index is 2.57. The average Bonchev–Trinajstić information content (AvgIpc) is 2.50.